The Hall–Kier alpha value is -2.74. The zero-order valence-corrected chi connectivity index (χ0v) is 13.1. The highest BCUT2D eigenvalue weighted by atomic mass is 35.5. The van der Waals surface area contributed by atoms with Gasteiger partial charge in [-0.05, 0) is 25.0 Å². The summed E-state index contributed by atoms with van der Waals surface area (Å²) < 4.78 is 5.62. The molecule has 2 N–H and O–H groups in total. The SMILES string of the molecule is CCc1nc(C(N)=O)c(Cl)nc1Oc1cc([N+](=O)[O-])ccc1C. The van der Waals surface area contributed by atoms with Crippen molar-refractivity contribution < 1.29 is 14.5 Å². The molecule has 0 fully saturated rings. The van der Waals surface area contributed by atoms with Crippen LogP contribution in [-0.4, -0.2) is 20.8 Å². The fraction of sp³-hybridized carbons (Fsp3) is 0.214. The molecule has 9 heteroatoms. The molecule has 1 aromatic carbocycles. The van der Waals surface area contributed by atoms with Gasteiger partial charge in [0.25, 0.3) is 11.6 Å². The number of benzene rings is 1. The van der Waals surface area contributed by atoms with Gasteiger partial charge in [0.2, 0.25) is 5.88 Å². The first-order valence-electron chi connectivity index (χ1n) is 6.62. The number of nitrogens with zero attached hydrogens (tertiary/aromatic N) is 3. The van der Waals surface area contributed by atoms with Crippen molar-refractivity contribution in [3.63, 3.8) is 0 Å². The lowest BCUT2D eigenvalue weighted by molar-refractivity contribution is -0.384. The molecule has 0 radical (unpaired) electrons. The van der Waals surface area contributed by atoms with Crippen LogP contribution in [0.4, 0.5) is 5.69 Å². The predicted molar refractivity (Wildman–Crippen MR) is 82.8 cm³/mol. The van der Waals surface area contributed by atoms with Gasteiger partial charge in [0.05, 0.1) is 11.0 Å². The summed E-state index contributed by atoms with van der Waals surface area (Å²) in [5.74, 6) is -0.465. The van der Waals surface area contributed by atoms with Gasteiger partial charge in [0.15, 0.2) is 10.8 Å². The molecular formula is C14H13ClN4O4. The number of primary amides is 1. The molecule has 1 heterocycles. The number of aromatic nitrogens is 2. The molecule has 0 aliphatic heterocycles. The van der Waals surface area contributed by atoms with E-state index in [1.807, 2.05) is 0 Å². The molecule has 23 heavy (non-hydrogen) atoms. The van der Waals surface area contributed by atoms with Crippen molar-refractivity contribution in [3.8, 4) is 11.6 Å². The number of aryl methyl sites for hydroxylation is 2. The number of non-ortho nitro benzene ring substituents is 1. The zero-order chi connectivity index (χ0) is 17.1. The van der Waals surface area contributed by atoms with Crippen LogP contribution in [0.25, 0.3) is 0 Å². The number of hydrogen-bond donors (Lipinski definition) is 1. The Labute approximate surface area is 136 Å². The van der Waals surface area contributed by atoms with Gasteiger partial charge < -0.3 is 10.5 Å². The fourth-order valence-corrected chi connectivity index (χ4v) is 2.03. The highest BCUT2D eigenvalue weighted by Gasteiger charge is 2.18. The van der Waals surface area contributed by atoms with Crippen LogP contribution < -0.4 is 10.5 Å². The first-order valence-corrected chi connectivity index (χ1v) is 7.00. The van der Waals surface area contributed by atoms with Crippen LogP contribution in [0.5, 0.6) is 11.6 Å². The summed E-state index contributed by atoms with van der Waals surface area (Å²) >= 11 is 5.88. The predicted octanol–water partition coefficient (Wildman–Crippen LogP) is 2.80. The van der Waals surface area contributed by atoms with Crippen molar-refractivity contribution in [2.24, 2.45) is 5.73 Å². The molecular weight excluding hydrogens is 324 g/mol. The van der Waals surface area contributed by atoms with Gasteiger partial charge in [-0.15, -0.1) is 0 Å². The molecule has 0 aliphatic rings. The van der Waals surface area contributed by atoms with Crippen LogP contribution in [0.1, 0.15) is 28.7 Å². The third-order valence-electron chi connectivity index (χ3n) is 3.05. The molecule has 0 unspecified atom stereocenters. The van der Waals surface area contributed by atoms with Gasteiger partial charge in [0, 0.05) is 6.07 Å². The largest absolute Gasteiger partial charge is 0.437 e. The van der Waals surface area contributed by atoms with Crippen molar-refractivity contribution in [2.75, 3.05) is 0 Å². The van der Waals surface area contributed by atoms with E-state index in [0.29, 0.717) is 17.7 Å². The van der Waals surface area contributed by atoms with E-state index in [0.717, 1.165) is 0 Å². The Morgan fingerprint density at radius 1 is 1.43 bits per heavy atom. The molecule has 0 spiro atoms. The number of halogens is 1. The molecule has 0 atom stereocenters. The second-order valence-electron chi connectivity index (χ2n) is 4.64. The first-order chi connectivity index (χ1) is 10.8. The molecule has 0 saturated heterocycles. The zero-order valence-electron chi connectivity index (χ0n) is 12.4. The molecule has 8 nitrogen and oxygen atoms in total. The maximum atomic E-state index is 11.3. The van der Waals surface area contributed by atoms with Gasteiger partial charge in [-0.25, -0.2) is 4.98 Å². The van der Waals surface area contributed by atoms with Crippen molar-refractivity contribution in [2.45, 2.75) is 20.3 Å². The molecule has 1 aromatic heterocycles. The Bertz CT molecular complexity index is 795. The summed E-state index contributed by atoms with van der Waals surface area (Å²) in [5, 5.41) is 10.7. The molecule has 120 valence electrons. The lowest BCUT2D eigenvalue weighted by Gasteiger charge is -2.11. The van der Waals surface area contributed by atoms with Crippen LogP contribution in [0.15, 0.2) is 18.2 Å². The van der Waals surface area contributed by atoms with Crippen molar-refractivity contribution in [3.05, 3.63) is 50.4 Å². The average molecular weight is 337 g/mol. The first kappa shape index (κ1) is 16.6. The topological polar surface area (TPSA) is 121 Å². The monoisotopic (exact) mass is 336 g/mol. The number of carbonyl (C=O) groups is 1. The van der Waals surface area contributed by atoms with E-state index in [9.17, 15) is 14.9 Å². The summed E-state index contributed by atoms with van der Waals surface area (Å²) in [7, 11) is 0. The van der Waals surface area contributed by atoms with Gasteiger partial charge in [-0.3, -0.25) is 14.9 Å². The minimum atomic E-state index is -0.796. The minimum absolute atomic E-state index is 0.0751. The van der Waals surface area contributed by atoms with E-state index < -0.39 is 10.8 Å². The summed E-state index contributed by atoms with van der Waals surface area (Å²) in [4.78, 5) is 29.6. The Morgan fingerprint density at radius 3 is 2.70 bits per heavy atom. The second kappa shape index (κ2) is 6.57. The summed E-state index contributed by atoms with van der Waals surface area (Å²) in [6, 6.07) is 4.22. The van der Waals surface area contributed by atoms with E-state index >= 15 is 0 Å². The number of nitro groups is 1. The van der Waals surface area contributed by atoms with Crippen LogP contribution in [-0.2, 0) is 6.42 Å². The standard InChI is InChI=1S/C14H13ClN4O4/c1-3-9-14(18-12(15)11(17-9)13(16)20)23-10-6-8(19(21)22)5-4-7(10)2/h4-6H,3H2,1-2H3,(H2,16,20). The van der Waals surface area contributed by atoms with Crippen LogP contribution in [0.3, 0.4) is 0 Å². The molecule has 1 amide bonds. The molecule has 2 aromatic rings. The van der Waals surface area contributed by atoms with Gasteiger partial charge in [0.1, 0.15) is 11.4 Å². The molecule has 0 saturated carbocycles. The van der Waals surface area contributed by atoms with Crippen LogP contribution >= 0.6 is 11.6 Å². The summed E-state index contributed by atoms with van der Waals surface area (Å²) in [5.41, 5.74) is 5.96. The van der Waals surface area contributed by atoms with Crippen LogP contribution in [0.2, 0.25) is 5.15 Å². The number of amides is 1. The van der Waals surface area contributed by atoms with Crippen molar-refractivity contribution in [1.29, 1.82) is 0 Å². The fourth-order valence-electron chi connectivity index (χ4n) is 1.82. The van der Waals surface area contributed by atoms with Gasteiger partial charge >= 0.3 is 0 Å². The van der Waals surface area contributed by atoms with E-state index in [1.54, 1.807) is 19.9 Å². The Balaban J connectivity index is 2.48. The normalized spacial score (nSPS) is 10.4. The number of hydrogen-bond acceptors (Lipinski definition) is 6. The number of rotatable bonds is 5. The van der Waals surface area contributed by atoms with E-state index in [2.05, 4.69) is 9.97 Å². The Kier molecular flexibility index (Phi) is 4.75. The van der Waals surface area contributed by atoms with Crippen molar-refractivity contribution in [1.82, 2.24) is 9.97 Å². The maximum absolute atomic E-state index is 11.3. The minimum Gasteiger partial charge on any atom is -0.437 e. The number of nitrogens with two attached hydrogens (primary N) is 1. The third kappa shape index (κ3) is 3.54. The van der Waals surface area contributed by atoms with E-state index in [-0.39, 0.29) is 28.2 Å². The smallest absolute Gasteiger partial charge is 0.273 e. The molecule has 2 rings (SSSR count). The van der Waals surface area contributed by atoms with Crippen molar-refractivity contribution >= 4 is 23.2 Å². The van der Waals surface area contributed by atoms with Gasteiger partial charge in [-0.2, -0.15) is 4.98 Å². The summed E-state index contributed by atoms with van der Waals surface area (Å²) in [6.45, 7) is 3.52. The van der Waals surface area contributed by atoms with E-state index in [4.69, 9.17) is 22.1 Å². The average Bonchev–Trinajstić information content (AvgIpc) is 2.49. The van der Waals surface area contributed by atoms with Crippen LogP contribution in [0, 0.1) is 17.0 Å². The van der Waals surface area contributed by atoms with Gasteiger partial charge in [-0.1, -0.05) is 18.5 Å². The van der Waals surface area contributed by atoms with E-state index in [1.165, 1.54) is 12.1 Å². The highest BCUT2D eigenvalue weighted by Crippen LogP contribution is 2.30. The number of ether oxygens (including phenoxy) is 1. The number of carbonyl (C=O) groups excluding carboxylic acids is 1. The summed E-state index contributed by atoms with van der Waals surface area (Å²) in [6.07, 6.45) is 0.410. The third-order valence-corrected chi connectivity index (χ3v) is 3.31. The lowest BCUT2D eigenvalue weighted by atomic mass is 10.2. The Morgan fingerprint density at radius 2 is 2.13 bits per heavy atom. The molecule has 0 aliphatic carbocycles. The maximum Gasteiger partial charge on any atom is 0.273 e. The second-order valence-corrected chi connectivity index (χ2v) is 5.00. The number of nitro benzene ring substituents is 1. The molecule has 0 bridgehead atoms. The lowest BCUT2D eigenvalue weighted by Crippen LogP contribution is -2.16. The quantitative estimate of drug-likeness (QED) is 0.661. The highest BCUT2D eigenvalue weighted by molar-refractivity contribution is 6.32.